The molecule has 10 heteroatoms. The van der Waals surface area contributed by atoms with Crippen LogP contribution in [0.2, 0.25) is 0 Å². The summed E-state index contributed by atoms with van der Waals surface area (Å²) in [6, 6.07) is 7.68. The first kappa shape index (κ1) is 17.5. The molecule has 1 aromatic carbocycles. The number of aromatic amines is 1. The second-order valence-corrected chi connectivity index (χ2v) is 6.20. The Bertz CT molecular complexity index is 856. The van der Waals surface area contributed by atoms with E-state index in [2.05, 4.69) is 36.1 Å². The van der Waals surface area contributed by atoms with Crippen LogP contribution in [0.5, 0.6) is 0 Å². The highest BCUT2D eigenvalue weighted by Gasteiger charge is 2.14. The van der Waals surface area contributed by atoms with Crippen LogP contribution in [-0.4, -0.2) is 53.4 Å². The zero-order chi connectivity index (χ0) is 18.5. The molecule has 0 spiro atoms. The Morgan fingerprint density at radius 3 is 2.92 bits per heavy atom. The van der Waals surface area contributed by atoms with Crippen molar-refractivity contribution in [1.29, 1.82) is 0 Å². The van der Waals surface area contributed by atoms with E-state index < -0.39 is 0 Å². The number of carbonyl (C=O) groups is 1. The van der Waals surface area contributed by atoms with Crippen LogP contribution in [0.1, 0.15) is 31.3 Å². The summed E-state index contributed by atoms with van der Waals surface area (Å²) in [7, 11) is 1.73. The van der Waals surface area contributed by atoms with Gasteiger partial charge in [0.2, 0.25) is 5.82 Å². The normalized spacial score (nSPS) is 10.9. The Morgan fingerprint density at radius 2 is 2.19 bits per heavy atom. The number of urea groups is 1. The molecule has 2 amide bonds. The topological polar surface area (TPSA) is 118 Å². The highest BCUT2D eigenvalue weighted by molar-refractivity contribution is 5.73. The summed E-state index contributed by atoms with van der Waals surface area (Å²) >= 11 is 0. The number of benzene rings is 1. The molecule has 0 aliphatic rings. The fourth-order valence-electron chi connectivity index (χ4n) is 2.51. The summed E-state index contributed by atoms with van der Waals surface area (Å²) in [5, 5.41) is 24.8. The van der Waals surface area contributed by atoms with E-state index in [1.165, 1.54) is 0 Å². The molecule has 136 valence electrons. The van der Waals surface area contributed by atoms with Gasteiger partial charge in [0.05, 0.1) is 6.54 Å². The molecule has 0 atom stereocenters. The molecule has 3 rings (SSSR count). The summed E-state index contributed by atoms with van der Waals surface area (Å²) in [5.41, 5.74) is 1.78. The van der Waals surface area contributed by atoms with E-state index in [1.807, 2.05) is 42.7 Å². The lowest BCUT2D eigenvalue weighted by atomic mass is 10.1. The van der Waals surface area contributed by atoms with Gasteiger partial charge >= 0.3 is 6.03 Å². The van der Waals surface area contributed by atoms with Crippen LogP contribution in [-0.2, 0) is 13.1 Å². The molecule has 0 aliphatic carbocycles. The van der Waals surface area contributed by atoms with Gasteiger partial charge in [-0.2, -0.15) is 5.21 Å². The van der Waals surface area contributed by atoms with Crippen molar-refractivity contribution in [2.45, 2.75) is 33.0 Å². The molecule has 2 heterocycles. The fourth-order valence-corrected chi connectivity index (χ4v) is 2.51. The van der Waals surface area contributed by atoms with Crippen molar-refractivity contribution in [3.05, 3.63) is 42.0 Å². The summed E-state index contributed by atoms with van der Waals surface area (Å²) in [6.45, 7) is 4.87. The number of tetrazole rings is 1. The van der Waals surface area contributed by atoms with Crippen LogP contribution in [0, 0.1) is 0 Å². The van der Waals surface area contributed by atoms with E-state index >= 15 is 0 Å². The molecule has 2 N–H and O–H groups in total. The number of carbonyl (C=O) groups excluding carboxylic acids is 1. The first-order valence-electron chi connectivity index (χ1n) is 8.24. The first-order valence-corrected chi connectivity index (χ1v) is 8.24. The number of amides is 2. The lowest BCUT2D eigenvalue weighted by molar-refractivity contribution is 0.204. The minimum Gasteiger partial charge on any atom is -0.334 e. The standard InChI is InChI=1S/C16H21N9O/c1-11(2)25-10-18-19-14(25)9-24(3)16(26)17-8-12-5-4-6-13(7-12)15-20-22-23-21-15/h4-7,10-11H,8-9H2,1-3H3,(H,17,26)(H,20,21,22,23). The van der Waals surface area contributed by atoms with Gasteiger partial charge in [-0.05, 0) is 30.7 Å². The van der Waals surface area contributed by atoms with Crippen LogP contribution >= 0.6 is 0 Å². The maximum atomic E-state index is 12.4. The molecular weight excluding hydrogens is 334 g/mol. The van der Waals surface area contributed by atoms with E-state index in [0.717, 1.165) is 17.0 Å². The van der Waals surface area contributed by atoms with Gasteiger partial charge < -0.3 is 14.8 Å². The number of hydrogen-bond donors (Lipinski definition) is 2. The summed E-state index contributed by atoms with van der Waals surface area (Å²) in [4.78, 5) is 13.9. The van der Waals surface area contributed by atoms with E-state index in [-0.39, 0.29) is 12.1 Å². The van der Waals surface area contributed by atoms with Crippen molar-refractivity contribution >= 4 is 6.03 Å². The third kappa shape index (κ3) is 4.02. The number of H-pyrrole nitrogens is 1. The van der Waals surface area contributed by atoms with Crippen molar-refractivity contribution in [3.63, 3.8) is 0 Å². The Morgan fingerprint density at radius 1 is 1.35 bits per heavy atom. The maximum Gasteiger partial charge on any atom is 0.317 e. The Kier molecular flexibility index (Phi) is 5.20. The average molecular weight is 355 g/mol. The van der Waals surface area contributed by atoms with Gasteiger partial charge in [-0.1, -0.05) is 18.2 Å². The smallest absolute Gasteiger partial charge is 0.317 e. The number of rotatable bonds is 6. The zero-order valence-corrected chi connectivity index (χ0v) is 14.9. The lowest BCUT2D eigenvalue weighted by Gasteiger charge is -2.19. The summed E-state index contributed by atoms with van der Waals surface area (Å²) in [5.74, 6) is 1.26. The van der Waals surface area contributed by atoms with Gasteiger partial charge in [0.25, 0.3) is 0 Å². The highest BCUT2D eigenvalue weighted by atomic mass is 16.2. The molecule has 0 aliphatic heterocycles. The number of nitrogens with one attached hydrogen (secondary N) is 2. The van der Waals surface area contributed by atoms with E-state index in [1.54, 1.807) is 18.3 Å². The van der Waals surface area contributed by atoms with Crippen LogP contribution < -0.4 is 5.32 Å². The molecule has 2 aromatic heterocycles. The van der Waals surface area contributed by atoms with E-state index in [4.69, 9.17) is 0 Å². The molecule has 10 nitrogen and oxygen atoms in total. The quantitative estimate of drug-likeness (QED) is 0.690. The molecule has 0 radical (unpaired) electrons. The number of hydrogen-bond acceptors (Lipinski definition) is 6. The molecule has 0 unspecified atom stereocenters. The Balaban J connectivity index is 1.58. The largest absolute Gasteiger partial charge is 0.334 e. The predicted octanol–water partition coefficient (Wildman–Crippen LogP) is 1.38. The number of nitrogens with zero attached hydrogens (tertiary/aromatic N) is 7. The lowest BCUT2D eigenvalue weighted by Crippen LogP contribution is -2.37. The molecule has 3 aromatic rings. The van der Waals surface area contributed by atoms with Crippen LogP contribution in [0.15, 0.2) is 30.6 Å². The van der Waals surface area contributed by atoms with Gasteiger partial charge in [-0.3, -0.25) is 0 Å². The van der Waals surface area contributed by atoms with Crippen molar-refractivity contribution in [2.75, 3.05) is 7.05 Å². The van der Waals surface area contributed by atoms with Crippen LogP contribution in [0.3, 0.4) is 0 Å². The van der Waals surface area contributed by atoms with Crippen molar-refractivity contribution in [2.24, 2.45) is 0 Å². The first-order chi connectivity index (χ1) is 12.5. The van der Waals surface area contributed by atoms with Gasteiger partial charge in [0.1, 0.15) is 6.33 Å². The van der Waals surface area contributed by atoms with Gasteiger partial charge in [0.15, 0.2) is 5.82 Å². The molecule has 26 heavy (non-hydrogen) atoms. The maximum absolute atomic E-state index is 12.4. The average Bonchev–Trinajstić information content (AvgIpc) is 3.31. The minimum atomic E-state index is -0.187. The van der Waals surface area contributed by atoms with E-state index in [0.29, 0.717) is 18.9 Å². The van der Waals surface area contributed by atoms with E-state index in [9.17, 15) is 4.79 Å². The second-order valence-electron chi connectivity index (χ2n) is 6.20. The Hall–Kier alpha value is -3.30. The number of aromatic nitrogens is 7. The minimum absolute atomic E-state index is 0.187. The summed E-state index contributed by atoms with van der Waals surface area (Å²) < 4.78 is 1.94. The third-order valence-electron chi connectivity index (χ3n) is 3.90. The molecule has 0 saturated heterocycles. The van der Waals surface area contributed by atoms with Crippen molar-refractivity contribution in [1.82, 2.24) is 45.6 Å². The van der Waals surface area contributed by atoms with Gasteiger partial charge in [-0.25, -0.2) is 4.79 Å². The Labute approximate surface area is 150 Å². The SMILES string of the molecule is CC(C)n1cnnc1CN(C)C(=O)NCc1cccc(-c2nn[nH]n2)c1. The van der Waals surface area contributed by atoms with Crippen LogP contribution in [0.25, 0.3) is 11.4 Å². The highest BCUT2D eigenvalue weighted by Crippen LogP contribution is 2.15. The zero-order valence-electron chi connectivity index (χ0n) is 14.9. The third-order valence-corrected chi connectivity index (χ3v) is 3.90. The molecular formula is C16H21N9O. The van der Waals surface area contributed by atoms with Gasteiger partial charge in [0, 0.05) is 25.2 Å². The van der Waals surface area contributed by atoms with Crippen LogP contribution in [0.4, 0.5) is 4.79 Å². The molecule has 0 bridgehead atoms. The molecule has 0 fully saturated rings. The monoisotopic (exact) mass is 355 g/mol. The fraction of sp³-hybridized carbons (Fsp3) is 0.375. The summed E-state index contributed by atoms with van der Waals surface area (Å²) in [6.07, 6.45) is 1.68. The van der Waals surface area contributed by atoms with Crippen molar-refractivity contribution in [3.8, 4) is 11.4 Å². The second kappa shape index (κ2) is 7.72. The predicted molar refractivity (Wildman–Crippen MR) is 93.7 cm³/mol. The van der Waals surface area contributed by atoms with Gasteiger partial charge in [-0.15, -0.1) is 20.4 Å². The van der Waals surface area contributed by atoms with Crippen molar-refractivity contribution < 1.29 is 4.79 Å². The molecule has 0 saturated carbocycles.